The molecule has 2 aliphatic heterocycles. The summed E-state index contributed by atoms with van der Waals surface area (Å²) in [6, 6.07) is -0.753. The number of thioether (sulfide) groups is 2. The van der Waals surface area contributed by atoms with Crippen LogP contribution < -0.4 is 0 Å². The van der Waals surface area contributed by atoms with Crippen LogP contribution in [0.2, 0.25) is 0 Å². The van der Waals surface area contributed by atoms with Crippen LogP contribution in [0.1, 0.15) is 12.8 Å². The lowest BCUT2D eigenvalue weighted by Gasteiger charge is -2.39. The SMILES string of the molecule is CSC1CCN(C(=O)N2CCSCC2C(=O)O)CC1. The second kappa shape index (κ2) is 6.74. The Hall–Kier alpha value is -0.560. The van der Waals surface area contributed by atoms with Gasteiger partial charge in [0.15, 0.2) is 0 Å². The van der Waals surface area contributed by atoms with Gasteiger partial charge >= 0.3 is 12.0 Å². The predicted molar refractivity (Wildman–Crippen MR) is 79.0 cm³/mol. The maximum atomic E-state index is 12.4. The number of aliphatic carboxylic acids is 1. The van der Waals surface area contributed by atoms with Gasteiger partial charge in [0.2, 0.25) is 0 Å². The highest BCUT2D eigenvalue weighted by Gasteiger charge is 2.35. The lowest BCUT2D eigenvalue weighted by Crippen LogP contribution is -2.56. The van der Waals surface area contributed by atoms with Gasteiger partial charge in [0.1, 0.15) is 6.04 Å². The summed E-state index contributed by atoms with van der Waals surface area (Å²) in [5.41, 5.74) is 0. The number of carboxylic acid groups (broad SMARTS) is 1. The summed E-state index contributed by atoms with van der Waals surface area (Å²) in [5, 5.41) is 9.84. The van der Waals surface area contributed by atoms with Gasteiger partial charge in [0, 0.05) is 36.4 Å². The molecule has 0 aromatic carbocycles. The molecule has 2 saturated heterocycles. The van der Waals surface area contributed by atoms with E-state index < -0.39 is 12.0 Å². The minimum absolute atomic E-state index is 0.0905. The van der Waals surface area contributed by atoms with E-state index in [1.165, 1.54) is 4.90 Å². The molecule has 0 spiro atoms. The number of piperidine rings is 1. The van der Waals surface area contributed by atoms with Crippen molar-refractivity contribution in [2.45, 2.75) is 24.1 Å². The molecule has 2 amide bonds. The first-order valence-electron chi connectivity index (χ1n) is 6.52. The molecule has 108 valence electrons. The molecule has 0 radical (unpaired) electrons. The van der Waals surface area contributed by atoms with Gasteiger partial charge in [-0.2, -0.15) is 23.5 Å². The van der Waals surface area contributed by atoms with E-state index in [1.54, 1.807) is 11.8 Å². The van der Waals surface area contributed by atoms with E-state index in [1.807, 2.05) is 16.7 Å². The van der Waals surface area contributed by atoms with Crippen LogP contribution >= 0.6 is 23.5 Å². The second-order valence-electron chi connectivity index (χ2n) is 4.83. The lowest BCUT2D eigenvalue weighted by molar-refractivity contribution is -0.141. The number of amides is 2. The molecular weight excluding hydrogens is 284 g/mol. The van der Waals surface area contributed by atoms with E-state index in [9.17, 15) is 14.7 Å². The van der Waals surface area contributed by atoms with E-state index >= 15 is 0 Å². The first-order chi connectivity index (χ1) is 9.13. The lowest BCUT2D eigenvalue weighted by atomic mass is 10.1. The van der Waals surface area contributed by atoms with E-state index in [-0.39, 0.29) is 6.03 Å². The van der Waals surface area contributed by atoms with Crippen molar-refractivity contribution >= 4 is 35.5 Å². The summed E-state index contributed by atoms with van der Waals surface area (Å²) in [6.07, 6.45) is 4.12. The van der Waals surface area contributed by atoms with Crippen molar-refractivity contribution in [2.75, 3.05) is 37.4 Å². The molecule has 2 fully saturated rings. The maximum absolute atomic E-state index is 12.4. The van der Waals surface area contributed by atoms with Crippen LogP contribution in [-0.2, 0) is 4.79 Å². The standard InChI is InChI=1S/C12H20N2O3S2/c1-18-9-2-4-13(5-3-9)12(17)14-6-7-19-8-10(14)11(15)16/h9-10H,2-8H2,1H3,(H,15,16). The van der Waals surface area contributed by atoms with E-state index in [0.717, 1.165) is 31.7 Å². The minimum Gasteiger partial charge on any atom is -0.480 e. The summed E-state index contributed by atoms with van der Waals surface area (Å²) in [6.45, 7) is 2.05. The molecule has 0 saturated carbocycles. The molecule has 0 aliphatic carbocycles. The quantitative estimate of drug-likeness (QED) is 0.836. The van der Waals surface area contributed by atoms with Crippen LogP contribution in [0.5, 0.6) is 0 Å². The number of likely N-dealkylation sites (tertiary alicyclic amines) is 1. The first-order valence-corrected chi connectivity index (χ1v) is 8.96. The Morgan fingerprint density at radius 3 is 2.53 bits per heavy atom. The third-order valence-corrected chi connectivity index (χ3v) is 5.87. The molecule has 1 N–H and O–H groups in total. The Kier molecular flexibility index (Phi) is 5.27. The number of urea groups is 1. The summed E-state index contributed by atoms with van der Waals surface area (Å²) in [7, 11) is 0. The van der Waals surface area contributed by atoms with Crippen LogP contribution in [0.15, 0.2) is 0 Å². The van der Waals surface area contributed by atoms with Crippen molar-refractivity contribution in [1.29, 1.82) is 0 Å². The van der Waals surface area contributed by atoms with Crippen LogP contribution in [0, 0.1) is 0 Å². The van der Waals surface area contributed by atoms with Gasteiger partial charge in [-0.15, -0.1) is 0 Å². The average molecular weight is 304 g/mol. The fourth-order valence-electron chi connectivity index (χ4n) is 2.50. The summed E-state index contributed by atoms with van der Waals surface area (Å²) < 4.78 is 0. The highest BCUT2D eigenvalue weighted by Crippen LogP contribution is 2.24. The molecule has 19 heavy (non-hydrogen) atoms. The van der Waals surface area contributed by atoms with Crippen LogP contribution in [0.3, 0.4) is 0 Å². The van der Waals surface area contributed by atoms with Crippen molar-refractivity contribution in [3.63, 3.8) is 0 Å². The molecular formula is C12H20N2O3S2. The number of carbonyl (C=O) groups is 2. The number of rotatable bonds is 2. The fourth-order valence-corrected chi connectivity index (χ4v) is 4.22. The number of hydrogen-bond donors (Lipinski definition) is 1. The minimum atomic E-state index is -0.889. The largest absolute Gasteiger partial charge is 0.480 e. The summed E-state index contributed by atoms with van der Waals surface area (Å²) in [5.74, 6) is 0.443. The zero-order valence-corrected chi connectivity index (χ0v) is 12.7. The van der Waals surface area contributed by atoms with Crippen molar-refractivity contribution in [3.8, 4) is 0 Å². The Labute approximate surface area is 122 Å². The topological polar surface area (TPSA) is 60.9 Å². The molecule has 0 aromatic heterocycles. The smallest absolute Gasteiger partial charge is 0.327 e. The third-order valence-electron chi connectivity index (χ3n) is 3.71. The van der Waals surface area contributed by atoms with Crippen molar-refractivity contribution in [1.82, 2.24) is 9.80 Å². The number of hydrogen-bond acceptors (Lipinski definition) is 4. The van der Waals surface area contributed by atoms with Gasteiger partial charge in [-0.25, -0.2) is 9.59 Å². The van der Waals surface area contributed by atoms with Crippen molar-refractivity contribution in [2.24, 2.45) is 0 Å². The zero-order valence-electron chi connectivity index (χ0n) is 11.1. The highest BCUT2D eigenvalue weighted by molar-refractivity contribution is 7.99. The van der Waals surface area contributed by atoms with Gasteiger partial charge in [-0.05, 0) is 19.1 Å². The molecule has 1 atom stereocenters. The normalized spacial score (nSPS) is 25.4. The number of carboxylic acids is 1. The van der Waals surface area contributed by atoms with Crippen LogP contribution in [0.25, 0.3) is 0 Å². The maximum Gasteiger partial charge on any atom is 0.327 e. The summed E-state index contributed by atoms with van der Waals surface area (Å²) in [4.78, 5) is 27.0. The molecule has 0 bridgehead atoms. The van der Waals surface area contributed by atoms with E-state index in [2.05, 4.69) is 6.26 Å². The predicted octanol–water partition coefficient (Wildman–Crippen LogP) is 1.44. The van der Waals surface area contributed by atoms with Gasteiger partial charge < -0.3 is 14.9 Å². The fraction of sp³-hybridized carbons (Fsp3) is 0.833. The molecule has 7 heteroatoms. The third kappa shape index (κ3) is 3.51. The van der Waals surface area contributed by atoms with Crippen LogP contribution in [-0.4, -0.2) is 75.6 Å². The van der Waals surface area contributed by atoms with Crippen LogP contribution in [0.4, 0.5) is 4.79 Å². The molecule has 5 nitrogen and oxygen atoms in total. The zero-order chi connectivity index (χ0) is 13.8. The molecule has 0 aromatic rings. The summed E-state index contributed by atoms with van der Waals surface area (Å²) >= 11 is 3.46. The average Bonchev–Trinajstić information content (AvgIpc) is 2.46. The monoisotopic (exact) mass is 304 g/mol. The van der Waals surface area contributed by atoms with Gasteiger partial charge in [0.25, 0.3) is 0 Å². The molecule has 2 rings (SSSR count). The van der Waals surface area contributed by atoms with Gasteiger partial charge in [-0.1, -0.05) is 0 Å². The van der Waals surface area contributed by atoms with Crippen molar-refractivity contribution in [3.05, 3.63) is 0 Å². The Bertz CT molecular complexity index is 346. The highest BCUT2D eigenvalue weighted by atomic mass is 32.2. The number of nitrogens with zero attached hydrogens (tertiary/aromatic N) is 2. The van der Waals surface area contributed by atoms with Crippen molar-refractivity contribution < 1.29 is 14.7 Å². The molecule has 1 unspecified atom stereocenters. The van der Waals surface area contributed by atoms with Gasteiger partial charge in [0.05, 0.1) is 0 Å². The second-order valence-corrected chi connectivity index (χ2v) is 7.11. The first kappa shape index (κ1) is 14.8. The van der Waals surface area contributed by atoms with Gasteiger partial charge in [-0.3, -0.25) is 0 Å². The molecule has 2 heterocycles. The van der Waals surface area contributed by atoms with E-state index in [4.69, 9.17) is 0 Å². The van der Waals surface area contributed by atoms with E-state index in [0.29, 0.717) is 17.5 Å². The Morgan fingerprint density at radius 1 is 1.26 bits per heavy atom. The Morgan fingerprint density at radius 2 is 1.95 bits per heavy atom. The number of carbonyl (C=O) groups excluding carboxylic acids is 1. The Balaban J connectivity index is 1.96. The molecule has 2 aliphatic rings.